The first-order valence-electron chi connectivity index (χ1n) is 3.88. The summed E-state index contributed by atoms with van der Waals surface area (Å²) in [5.41, 5.74) is 3.33. The van der Waals surface area contributed by atoms with Gasteiger partial charge in [-0.15, -0.1) is 4.68 Å². The van der Waals surface area contributed by atoms with Crippen molar-refractivity contribution in [3.63, 3.8) is 0 Å². The third kappa shape index (κ3) is 0.981. The van der Waals surface area contributed by atoms with Crippen LogP contribution in [0.1, 0.15) is 10.6 Å². The summed E-state index contributed by atoms with van der Waals surface area (Å²) in [6, 6.07) is 0. The number of rotatable bonds is 0. The summed E-state index contributed by atoms with van der Waals surface area (Å²) in [5, 5.41) is 6.93. The van der Waals surface area contributed by atoms with Gasteiger partial charge in [-0.3, -0.25) is 15.6 Å². The van der Waals surface area contributed by atoms with E-state index in [9.17, 15) is 4.79 Å². The van der Waals surface area contributed by atoms with Gasteiger partial charge in [0.05, 0.1) is 19.2 Å². The SMILES string of the molecule is C[n+]1ccn2c1C(=O)C(=C=N)CN2. The zero-order chi connectivity index (χ0) is 9.42. The number of aromatic nitrogens is 2. The summed E-state index contributed by atoms with van der Waals surface area (Å²) in [4.78, 5) is 11.6. The number of carbonyl (C=O) groups is 1. The topological polar surface area (TPSA) is 61.8 Å². The molecule has 0 atom stereocenters. The van der Waals surface area contributed by atoms with Crippen molar-refractivity contribution in [2.24, 2.45) is 7.05 Å². The Hall–Kier alpha value is -1.87. The highest BCUT2D eigenvalue weighted by molar-refractivity contribution is 6.12. The number of fused-ring (bicyclic) bond motifs is 1. The van der Waals surface area contributed by atoms with Gasteiger partial charge >= 0.3 is 5.82 Å². The fourth-order valence-corrected chi connectivity index (χ4v) is 1.36. The highest BCUT2D eigenvalue weighted by atomic mass is 16.1. The van der Waals surface area contributed by atoms with E-state index in [-0.39, 0.29) is 5.78 Å². The van der Waals surface area contributed by atoms with Crippen LogP contribution in [-0.4, -0.2) is 22.9 Å². The highest BCUT2D eigenvalue weighted by Gasteiger charge is 2.31. The van der Waals surface area contributed by atoms with Crippen LogP contribution in [0, 0.1) is 5.41 Å². The fourth-order valence-electron chi connectivity index (χ4n) is 1.36. The molecule has 0 radical (unpaired) electrons. The number of carbonyl (C=O) groups excluding carboxylic acids is 1. The average molecular weight is 177 g/mol. The predicted molar refractivity (Wildman–Crippen MR) is 45.4 cm³/mol. The maximum atomic E-state index is 11.6. The number of hydrogen-bond acceptors (Lipinski definition) is 3. The Morgan fingerprint density at radius 3 is 3.23 bits per heavy atom. The average Bonchev–Trinajstić information content (AvgIpc) is 2.49. The first-order chi connectivity index (χ1) is 6.24. The van der Waals surface area contributed by atoms with E-state index < -0.39 is 0 Å². The summed E-state index contributed by atoms with van der Waals surface area (Å²) in [6.07, 6.45) is 3.56. The van der Waals surface area contributed by atoms with Crippen LogP contribution >= 0.6 is 0 Å². The molecule has 0 aliphatic carbocycles. The monoisotopic (exact) mass is 177 g/mol. The molecule has 0 saturated carbocycles. The second-order valence-electron chi connectivity index (χ2n) is 2.87. The first kappa shape index (κ1) is 7.76. The zero-order valence-electron chi connectivity index (χ0n) is 7.16. The van der Waals surface area contributed by atoms with Crippen LogP contribution in [-0.2, 0) is 7.05 Å². The van der Waals surface area contributed by atoms with Gasteiger partial charge in [-0.1, -0.05) is 0 Å². The van der Waals surface area contributed by atoms with E-state index in [0.29, 0.717) is 17.9 Å². The van der Waals surface area contributed by atoms with Crippen LogP contribution in [0.15, 0.2) is 18.0 Å². The summed E-state index contributed by atoms with van der Waals surface area (Å²) < 4.78 is 3.37. The molecule has 66 valence electrons. The molecule has 1 aliphatic rings. The molecule has 13 heavy (non-hydrogen) atoms. The summed E-state index contributed by atoms with van der Waals surface area (Å²) in [6.45, 7) is 0.365. The Kier molecular flexibility index (Phi) is 1.53. The van der Waals surface area contributed by atoms with E-state index in [1.165, 1.54) is 0 Å². The van der Waals surface area contributed by atoms with E-state index in [0.717, 1.165) is 0 Å². The fraction of sp³-hybridized carbons (Fsp3) is 0.250. The van der Waals surface area contributed by atoms with E-state index in [1.807, 2.05) is 0 Å². The molecule has 1 aromatic rings. The molecule has 0 bridgehead atoms. The number of nitrogens with zero attached hydrogens (tertiary/aromatic N) is 2. The van der Waals surface area contributed by atoms with Gasteiger partial charge in [0.1, 0.15) is 6.20 Å². The Morgan fingerprint density at radius 1 is 1.77 bits per heavy atom. The third-order valence-corrected chi connectivity index (χ3v) is 2.06. The van der Waals surface area contributed by atoms with Crippen molar-refractivity contribution in [1.29, 1.82) is 5.41 Å². The quantitative estimate of drug-likeness (QED) is 0.310. The van der Waals surface area contributed by atoms with Crippen molar-refractivity contribution in [2.75, 3.05) is 12.0 Å². The lowest BCUT2D eigenvalue weighted by Crippen LogP contribution is -2.42. The van der Waals surface area contributed by atoms with Gasteiger partial charge in [0, 0.05) is 0 Å². The molecule has 0 saturated heterocycles. The molecule has 2 rings (SSSR count). The molecule has 0 amide bonds. The Morgan fingerprint density at radius 2 is 2.54 bits per heavy atom. The van der Waals surface area contributed by atoms with E-state index in [2.05, 4.69) is 11.3 Å². The van der Waals surface area contributed by atoms with Crippen LogP contribution < -0.4 is 9.99 Å². The normalized spacial score (nSPS) is 14.8. The van der Waals surface area contributed by atoms with Gasteiger partial charge in [-0.2, -0.15) is 0 Å². The van der Waals surface area contributed by atoms with Crippen molar-refractivity contribution in [3.05, 3.63) is 23.8 Å². The van der Waals surface area contributed by atoms with Gasteiger partial charge < -0.3 is 0 Å². The smallest absolute Gasteiger partial charge is 0.279 e. The third-order valence-electron chi connectivity index (χ3n) is 2.06. The molecule has 2 N–H and O–H groups in total. The number of aryl methyl sites for hydroxylation is 1. The minimum absolute atomic E-state index is 0.138. The van der Waals surface area contributed by atoms with Crippen molar-refractivity contribution < 1.29 is 9.36 Å². The minimum Gasteiger partial charge on any atom is -0.279 e. The van der Waals surface area contributed by atoms with Crippen LogP contribution in [0.25, 0.3) is 0 Å². The van der Waals surface area contributed by atoms with Crippen molar-refractivity contribution in [2.45, 2.75) is 0 Å². The van der Waals surface area contributed by atoms with Gasteiger partial charge in [0.15, 0.2) is 6.20 Å². The summed E-state index contributed by atoms with van der Waals surface area (Å²) >= 11 is 0. The molecular formula is C8H9N4O+. The Balaban J connectivity index is 2.61. The molecule has 5 heteroatoms. The largest absolute Gasteiger partial charge is 0.354 e. The summed E-state index contributed by atoms with van der Waals surface area (Å²) in [7, 11) is 1.79. The number of nitrogens with one attached hydrogen (secondary N) is 2. The van der Waals surface area contributed by atoms with Crippen LogP contribution in [0.4, 0.5) is 0 Å². The van der Waals surface area contributed by atoms with Gasteiger partial charge in [-0.25, -0.2) is 4.57 Å². The second-order valence-corrected chi connectivity index (χ2v) is 2.87. The van der Waals surface area contributed by atoms with Gasteiger partial charge in [-0.05, 0) is 5.87 Å². The Bertz CT molecular complexity index is 425. The molecular weight excluding hydrogens is 168 g/mol. The lowest BCUT2D eigenvalue weighted by Gasteiger charge is -2.10. The van der Waals surface area contributed by atoms with Gasteiger partial charge in [0.2, 0.25) is 0 Å². The zero-order valence-corrected chi connectivity index (χ0v) is 7.16. The summed E-state index contributed by atoms with van der Waals surface area (Å²) in [5.74, 6) is 2.53. The molecule has 5 nitrogen and oxygen atoms in total. The minimum atomic E-state index is -0.138. The van der Waals surface area contributed by atoms with Crippen molar-refractivity contribution >= 4 is 11.7 Å². The highest BCUT2D eigenvalue weighted by Crippen LogP contribution is 2.06. The molecule has 0 unspecified atom stereocenters. The first-order valence-corrected chi connectivity index (χ1v) is 3.88. The molecule has 0 fully saturated rings. The van der Waals surface area contributed by atoms with Crippen LogP contribution in [0.3, 0.4) is 0 Å². The lowest BCUT2D eigenvalue weighted by molar-refractivity contribution is -0.672. The molecule has 0 spiro atoms. The maximum Gasteiger partial charge on any atom is 0.354 e. The predicted octanol–water partition coefficient (Wildman–Crippen LogP) is -0.773. The Labute approximate surface area is 74.8 Å². The standard InChI is InChI=1S/C8H8N4O/c1-11-2-3-12-8(11)7(13)6(4-9)5-10-12/h2-3,9H,5H2,1H3/p+1. The number of hydrogen-bond donors (Lipinski definition) is 2. The van der Waals surface area contributed by atoms with E-state index in [1.54, 1.807) is 28.7 Å². The number of ketones is 1. The number of imidazole rings is 1. The second kappa shape index (κ2) is 2.57. The molecule has 1 aliphatic heterocycles. The van der Waals surface area contributed by atoms with E-state index in [4.69, 9.17) is 5.41 Å². The van der Waals surface area contributed by atoms with Crippen LogP contribution in [0.5, 0.6) is 0 Å². The van der Waals surface area contributed by atoms with Crippen LogP contribution in [0.2, 0.25) is 0 Å². The number of Topliss-reactive ketones (excluding diaryl/α,β-unsaturated/α-hetero) is 1. The van der Waals surface area contributed by atoms with E-state index >= 15 is 0 Å². The van der Waals surface area contributed by atoms with Crippen molar-refractivity contribution in [3.8, 4) is 0 Å². The van der Waals surface area contributed by atoms with Crippen molar-refractivity contribution in [1.82, 2.24) is 4.68 Å². The van der Waals surface area contributed by atoms with Gasteiger partial charge in [0.25, 0.3) is 5.78 Å². The maximum absolute atomic E-state index is 11.6. The lowest BCUT2D eigenvalue weighted by atomic mass is 10.1. The molecule has 2 heterocycles. The molecule has 0 aromatic carbocycles. The molecule has 1 aromatic heterocycles.